The highest BCUT2D eigenvalue weighted by molar-refractivity contribution is 7.99. The number of amides is 1. The highest BCUT2D eigenvalue weighted by Crippen LogP contribution is 2.23. The van der Waals surface area contributed by atoms with Gasteiger partial charge in [-0.3, -0.25) is 4.79 Å². The molecular formula is C18H21ClN4O2S. The van der Waals surface area contributed by atoms with Crippen molar-refractivity contribution in [1.82, 2.24) is 9.97 Å². The summed E-state index contributed by atoms with van der Waals surface area (Å²) in [6.07, 6.45) is 1.86. The molecule has 138 valence electrons. The molecule has 2 aromatic rings. The lowest BCUT2D eigenvalue weighted by Crippen LogP contribution is -2.45. The van der Waals surface area contributed by atoms with Gasteiger partial charge in [-0.1, -0.05) is 29.4 Å². The van der Waals surface area contributed by atoms with Gasteiger partial charge in [0, 0.05) is 29.9 Å². The van der Waals surface area contributed by atoms with Crippen LogP contribution in [0.25, 0.3) is 0 Å². The number of ether oxygens (including phenoxy) is 1. The van der Waals surface area contributed by atoms with Crippen molar-refractivity contribution >= 4 is 40.8 Å². The van der Waals surface area contributed by atoms with Crippen molar-refractivity contribution in [3.05, 3.63) is 41.7 Å². The minimum atomic E-state index is -0.106. The van der Waals surface area contributed by atoms with Crippen LogP contribution in [0.2, 0.25) is 5.02 Å². The summed E-state index contributed by atoms with van der Waals surface area (Å²) < 4.78 is 5.76. The normalized spacial score (nSPS) is 20.0. The van der Waals surface area contributed by atoms with E-state index in [9.17, 15) is 4.79 Å². The Bertz CT molecular complexity index is 766. The SMILES string of the molecule is CC1CN(c2cc(SCC(=O)Nc3cccc(Cl)c3)ncn2)CC(C)O1. The largest absolute Gasteiger partial charge is 0.372 e. The van der Waals surface area contributed by atoms with Gasteiger partial charge in [-0.05, 0) is 32.0 Å². The van der Waals surface area contributed by atoms with Gasteiger partial charge in [0.15, 0.2) is 0 Å². The van der Waals surface area contributed by atoms with Crippen LogP contribution in [0.5, 0.6) is 0 Å². The molecule has 1 amide bonds. The van der Waals surface area contributed by atoms with Gasteiger partial charge in [0.2, 0.25) is 5.91 Å². The molecule has 8 heteroatoms. The van der Waals surface area contributed by atoms with E-state index in [1.165, 1.54) is 18.1 Å². The van der Waals surface area contributed by atoms with E-state index in [1.54, 1.807) is 24.3 Å². The number of nitrogens with one attached hydrogen (secondary N) is 1. The second-order valence-corrected chi connectivity index (χ2v) is 7.66. The number of benzene rings is 1. The number of aromatic nitrogens is 2. The zero-order valence-corrected chi connectivity index (χ0v) is 16.3. The number of halogens is 1. The Labute approximate surface area is 162 Å². The Kier molecular flexibility index (Phi) is 6.34. The second kappa shape index (κ2) is 8.70. The molecule has 2 heterocycles. The molecule has 6 nitrogen and oxygen atoms in total. The Morgan fingerprint density at radius 1 is 1.31 bits per heavy atom. The van der Waals surface area contributed by atoms with Crippen LogP contribution in [0.3, 0.4) is 0 Å². The molecule has 0 saturated carbocycles. The zero-order chi connectivity index (χ0) is 18.5. The molecule has 1 saturated heterocycles. The summed E-state index contributed by atoms with van der Waals surface area (Å²) in [4.78, 5) is 22.9. The van der Waals surface area contributed by atoms with E-state index in [4.69, 9.17) is 16.3 Å². The van der Waals surface area contributed by atoms with Gasteiger partial charge in [0.05, 0.1) is 18.0 Å². The maximum absolute atomic E-state index is 12.1. The van der Waals surface area contributed by atoms with Crippen molar-refractivity contribution in [2.45, 2.75) is 31.1 Å². The third-order valence-electron chi connectivity index (χ3n) is 3.83. The highest BCUT2D eigenvalue weighted by atomic mass is 35.5. The minimum Gasteiger partial charge on any atom is -0.372 e. The second-order valence-electron chi connectivity index (χ2n) is 6.22. The van der Waals surface area contributed by atoms with E-state index in [0.717, 1.165) is 23.9 Å². The molecule has 0 bridgehead atoms. The molecule has 0 aliphatic carbocycles. The third kappa shape index (κ3) is 5.33. The average Bonchev–Trinajstić information content (AvgIpc) is 2.59. The predicted octanol–water partition coefficient (Wildman–Crippen LogP) is 3.47. The number of carbonyl (C=O) groups is 1. The van der Waals surface area contributed by atoms with Crippen molar-refractivity contribution in [2.24, 2.45) is 0 Å². The highest BCUT2D eigenvalue weighted by Gasteiger charge is 2.23. The van der Waals surface area contributed by atoms with E-state index in [1.807, 2.05) is 6.07 Å². The molecule has 26 heavy (non-hydrogen) atoms. The van der Waals surface area contributed by atoms with E-state index in [2.05, 4.69) is 34.0 Å². The van der Waals surface area contributed by atoms with Crippen LogP contribution in [0.4, 0.5) is 11.5 Å². The topological polar surface area (TPSA) is 67.4 Å². The van der Waals surface area contributed by atoms with E-state index in [-0.39, 0.29) is 23.9 Å². The van der Waals surface area contributed by atoms with Crippen LogP contribution in [-0.4, -0.2) is 46.9 Å². The molecule has 1 aromatic heterocycles. The number of carbonyl (C=O) groups excluding carboxylic acids is 1. The van der Waals surface area contributed by atoms with Crippen LogP contribution in [-0.2, 0) is 9.53 Å². The molecule has 3 rings (SSSR count). The molecule has 1 aliphatic rings. The van der Waals surface area contributed by atoms with Gasteiger partial charge in [0.25, 0.3) is 0 Å². The van der Waals surface area contributed by atoms with Gasteiger partial charge in [0.1, 0.15) is 17.2 Å². The maximum atomic E-state index is 12.1. The fraction of sp³-hybridized carbons (Fsp3) is 0.389. The predicted molar refractivity (Wildman–Crippen MR) is 105 cm³/mol. The lowest BCUT2D eigenvalue weighted by Gasteiger charge is -2.36. The van der Waals surface area contributed by atoms with Crippen molar-refractivity contribution in [1.29, 1.82) is 0 Å². The fourth-order valence-corrected chi connectivity index (χ4v) is 3.70. The summed E-state index contributed by atoms with van der Waals surface area (Å²) in [6.45, 7) is 5.70. The van der Waals surface area contributed by atoms with Gasteiger partial charge in [-0.2, -0.15) is 0 Å². The summed E-state index contributed by atoms with van der Waals surface area (Å²) >= 11 is 7.30. The van der Waals surface area contributed by atoms with Crippen molar-refractivity contribution in [2.75, 3.05) is 29.1 Å². The first-order valence-corrected chi connectivity index (χ1v) is 9.76. The molecule has 1 N–H and O–H groups in total. The number of morpholine rings is 1. The molecule has 1 aromatic carbocycles. The molecule has 1 fully saturated rings. The standard InChI is InChI=1S/C18H21ClN4O2S/c1-12-8-23(9-13(2)25-12)16-7-18(21-11-20-16)26-10-17(24)22-15-5-3-4-14(19)6-15/h3-7,11-13H,8-10H2,1-2H3,(H,22,24). The van der Waals surface area contributed by atoms with Crippen LogP contribution in [0.15, 0.2) is 41.7 Å². The summed E-state index contributed by atoms with van der Waals surface area (Å²) in [7, 11) is 0. The summed E-state index contributed by atoms with van der Waals surface area (Å²) in [5.41, 5.74) is 0.683. The molecule has 2 atom stereocenters. The Morgan fingerprint density at radius 3 is 2.81 bits per heavy atom. The number of hydrogen-bond donors (Lipinski definition) is 1. The van der Waals surface area contributed by atoms with Crippen molar-refractivity contribution < 1.29 is 9.53 Å². The van der Waals surface area contributed by atoms with Crippen LogP contribution >= 0.6 is 23.4 Å². The smallest absolute Gasteiger partial charge is 0.234 e. The van der Waals surface area contributed by atoms with Crippen molar-refractivity contribution in [3.8, 4) is 0 Å². The Morgan fingerprint density at radius 2 is 2.08 bits per heavy atom. The van der Waals surface area contributed by atoms with Gasteiger partial charge in [-0.25, -0.2) is 9.97 Å². The first-order chi connectivity index (χ1) is 12.5. The molecule has 0 radical (unpaired) electrons. The Hall–Kier alpha value is -1.83. The monoisotopic (exact) mass is 392 g/mol. The average molecular weight is 393 g/mol. The number of nitrogens with zero attached hydrogens (tertiary/aromatic N) is 3. The first kappa shape index (κ1) is 18.9. The van der Waals surface area contributed by atoms with Crippen LogP contribution in [0, 0.1) is 0 Å². The first-order valence-electron chi connectivity index (χ1n) is 8.40. The van der Waals surface area contributed by atoms with Crippen LogP contribution < -0.4 is 10.2 Å². The van der Waals surface area contributed by atoms with E-state index in [0.29, 0.717) is 10.7 Å². The molecular weight excluding hydrogens is 372 g/mol. The van der Waals surface area contributed by atoms with Gasteiger partial charge < -0.3 is 15.0 Å². The number of rotatable bonds is 5. The third-order valence-corrected chi connectivity index (χ3v) is 4.99. The molecule has 1 aliphatic heterocycles. The molecule has 0 spiro atoms. The Balaban J connectivity index is 1.57. The quantitative estimate of drug-likeness (QED) is 0.620. The minimum absolute atomic E-state index is 0.106. The number of anilines is 2. The zero-order valence-electron chi connectivity index (χ0n) is 14.7. The summed E-state index contributed by atoms with van der Waals surface area (Å²) in [5, 5.41) is 4.18. The van der Waals surface area contributed by atoms with E-state index >= 15 is 0 Å². The van der Waals surface area contributed by atoms with Gasteiger partial charge >= 0.3 is 0 Å². The molecule has 2 unspecified atom stereocenters. The lowest BCUT2D eigenvalue weighted by atomic mass is 10.2. The van der Waals surface area contributed by atoms with E-state index < -0.39 is 0 Å². The summed E-state index contributed by atoms with van der Waals surface area (Å²) in [6, 6.07) is 9.00. The van der Waals surface area contributed by atoms with Gasteiger partial charge in [-0.15, -0.1) is 0 Å². The lowest BCUT2D eigenvalue weighted by molar-refractivity contribution is -0.113. The fourth-order valence-electron chi connectivity index (χ4n) is 2.85. The summed E-state index contributed by atoms with van der Waals surface area (Å²) in [5.74, 6) is 1.02. The van der Waals surface area contributed by atoms with Crippen molar-refractivity contribution in [3.63, 3.8) is 0 Å². The van der Waals surface area contributed by atoms with Crippen LogP contribution in [0.1, 0.15) is 13.8 Å². The number of thioether (sulfide) groups is 1. The maximum Gasteiger partial charge on any atom is 0.234 e. The number of hydrogen-bond acceptors (Lipinski definition) is 6.